The van der Waals surface area contributed by atoms with Crippen LogP contribution in [-0.4, -0.2) is 16.8 Å². The maximum absolute atomic E-state index is 11.3. The summed E-state index contributed by atoms with van der Waals surface area (Å²) in [7, 11) is 0. The predicted molar refractivity (Wildman–Crippen MR) is 47.6 cm³/mol. The Kier molecular flexibility index (Phi) is 1.86. The van der Waals surface area contributed by atoms with Crippen LogP contribution < -0.4 is 0 Å². The molecule has 1 saturated heterocycles. The molecule has 0 spiro atoms. The Bertz CT molecular complexity index is 230. The summed E-state index contributed by atoms with van der Waals surface area (Å²) in [6.45, 7) is 0. The summed E-state index contributed by atoms with van der Waals surface area (Å²) < 4.78 is 0. The lowest BCUT2D eigenvalue weighted by Crippen LogP contribution is -2.29. The Labute approximate surface area is 70.6 Å². The molecule has 0 aromatic carbocycles. The van der Waals surface area contributed by atoms with Crippen LogP contribution in [0.15, 0.2) is 24.3 Å². The van der Waals surface area contributed by atoms with Gasteiger partial charge in [-0.2, -0.15) is 11.8 Å². The minimum absolute atomic E-state index is 0.179. The first-order chi connectivity index (χ1) is 5.38. The van der Waals surface area contributed by atoms with Crippen molar-refractivity contribution >= 4 is 17.5 Å². The number of carbonyl (C=O) groups excluding carboxylic acids is 1. The molecule has 58 valence electrons. The maximum Gasteiger partial charge on any atom is 0.141 e. The Morgan fingerprint density at radius 3 is 3.00 bits per heavy atom. The number of ketones is 1. The maximum atomic E-state index is 11.3. The third kappa shape index (κ3) is 1.27. The largest absolute Gasteiger partial charge is 0.299 e. The topological polar surface area (TPSA) is 17.1 Å². The van der Waals surface area contributed by atoms with Crippen molar-refractivity contribution in [2.75, 3.05) is 5.75 Å². The fourth-order valence-electron chi connectivity index (χ4n) is 1.50. The standard InChI is InChI=1S/C9H10OS/c10-8-5-6-11-9-4-2-1-3-7(8)9/h1-4,7,9H,5-6H2. The molecule has 1 fully saturated rings. The molecule has 0 bridgehead atoms. The molecule has 0 radical (unpaired) electrons. The van der Waals surface area contributed by atoms with E-state index >= 15 is 0 Å². The normalized spacial score (nSPS) is 35.5. The summed E-state index contributed by atoms with van der Waals surface area (Å²) >= 11 is 1.89. The Morgan fingerprint density at radius 1 is 1.36 bits per heavy atom. The van der Waals surface area contributed by atoms with Gasteiger partial charge >= 0.3 is 0 Å². The van der Waals surface area contributed by atoms with Gasteiger partial charge in [-0.15, -0.1) is 0 Å². The van der Waals surface area contributed by atoms with E-state index in [4.69, 9.17) is 0 Å². The van der Waals surface area contributed by atoms with Crippen molar-refractivity contribution in [1.29, 1.82) is 0 Å². The van der Waals surface area contributed by atoms with Crippen molar-refractivity contribution < 1.29 is 4.79 Å². The fraction of sp³-hybridized carbons (Fsp3) is 0.444. The molecule has 0 saturated carbocycles. The zero-order valence-corrected chi connectivity index (χ0v) is 7.01. The van der Waals surface area contributed by atoms with Gasteiger partial charge in [-0.3, -0.25) is 4.79 Å². The van der Waals surface area contributed by atoms with E-state index in [9.17, 15) is 4.79 Å². The van der Waals surface area contributed by atoms with Gasteiger partial charge in [0.15, 0.2) is 0 Å². The Morgan fingerprint density at radius 2 is 2.18 bits per heavy atom. The average Bonchev–Trinajstić information content (AvgIpc) is 2.06. The van der Waals surface area contributed by atoms with Gasteiger partial charge < -0.3 is 0 Å². The van der Waals surface area contributed by atoms with E-state index in [-0.39, 0.29) is 5.92 Å². The molecule has 0 N–H and O–H groups in total. The first-order valence-corrected chi connectivity index (χ1v) is 4.92. The minimum Gasteiger partial charge on any atom is -0.299 e. The molecule has 1 heterocycles. The van der Waals surface area contributed by atoms with Gasteiger partial charge in [0, 0.05) is 17.4 Å². The number of hydrogen-bond donors (Lipinski definition) is 0. The second-order valence-corrected chi connectivity index (χ2v) is 4.13. The van der Waals surface area contributed by atoms with Crippen molar-refractivity contribution in [3.05, 3.63) is 24.3 Å². The molecule has 2 heteroatoms. The van der Waals surface area contributed by atoms with Gasteiger partial charge in [0.2, 0.25) is 0 Å². The fourth-order valence-corrected chi connectivity index (χ4v) is 2.74. The zero-order valence-electron chi connectivity index (χ0n) is 6.19. The molecule has 2 rings (SSSR count). The SMILES string of the molecule is O=C1CCSC2C=CC=CC12. The summed E-state index contributed by atoms with van der Waals surface area (Å²) in [5.41, 5.74) is 0. The van der Waals surface area contributed by atoms with E-state index in [0.29, 0.717) is 11.0 Å². The molecular weight excluding hydrogens is 156 g/mol. The van der Waals surface area contributed by atoms with Crippen LogP contribution in [-0.2, 0) is 4.79 Å². The smallest absolute Gasteiger partial charge is 0.141 e. The minimum atomic E-state index is 0.179. The summed E-state index contributed by atoms with van der Waals surface area (Å²) in [5.74, 6) is 1.59. The summed E-state index contributed by atoms with van der Waals surface area (Å²) in [6.07, 6.45) is 8.92. The molecule has 2 aliphatic rings. The van der Waals surface area contributed by atoms with Gasteiger partial charge in [-0.05, 0) is 0 Å². The van der Waals surface area contributed by atoms with Gasteiger partial charge in [-0.25, -0.2) is 0 Å². The molecule has 1 nitrogen and oxygen atoms in total. The highest BCUT2D eigenvalue weighted by Gasteiger charge is 2.29. The number of hydrogen-bond acceptors (Lipinski definition) is 2. The highest BCUT2D eigenvalue weighted by Crippen LogP contribution is 2.31. The van der Waals surface area contributed by atoms with Gasteiger partial charge in [0.1, 0.15) is 5.78 Å². The van der Waals surface area contributed by atoms with Crippen LogP contribution >= 0.6 is 11.8 Å². The average molecular weight is 166 g/mol. The zero-order chi connectivity index (χ0) is 7.68. The first-order valence-electron chi connectivity index (χ1n) is 3.87. The lowest BCUT2D eigenvalue weighted by atomic mass is 9.94. The van der Waals surface area contributed by atoms with E-state index in [0.717, 1.165) is 12.2 Å². The van der Waals surface area contributed by atoms with Crippen LogP contribution in [0.4, 0.5) is 0 Å². The van der Waals surface area contributed by atoms with Gasteiger partial charge in [0.05, 0.1) is 5.92 Å². The van der Waals surface area contributed by atoms with Crippen LogP contribution in [0.5, 0.6) is 0 Å². The number of carbonyl (C=O) groups is 1. The molecule has 11 heavy (non-hydrogen) atoms. The predicted octanol–water partition coefficient (Wildman–Crippen LogP) is 1.80. The quantitative estimate of drug-likeness (QED) is 0.546. The van der Waals surface area contributed by atoms with Crippen LogP contribution in [0.3, 0.4) is 0 Å². The number of thioether (sulfide) groups is 1. The monoisotopic (exact) mass is 166 g/mol. The molecule has 1 aliphatic carbocycles. The van der Waals surface area contributed by atoms with Crippen LogP contribution in [0, 0.1) is 5.92 Å². The van der Waals surface area contributed by atoms with E-state index in [2.05, 4.69) is 6.08 Å². The summed E-state index contributed by atoms with van der Waals surface area (Å²) in [5, 5.41) is 0.432. The molecule has 0 aromatic rings. The van der Waals surface area contributed by atoms with E-state index in [1.54, 1.807) is 0 Å². The van der Waals surface area contributed by atoms with E-state index in [1.807, 2.05) is 30.0 Å². The van der Waals surface area contributed by atoms with Crippen LogP contribution in [0.2, 0.25) is 0 Å². The summed E-state index contributed by atoms with van der Waals surface area (Å²) in [6, 6.07) is 0. The lowest BCUT2D eigenvalue weighted by molar-refractivity contribution is -0.121. The van der Waals surface area contributed by atoms with Gasteiger partial charge in [0.25, 0.3) is 0 Å². The lowest BCUT2D eigenvalue weighted by Gasteiger charge is -2.26. The Balaban J connectivity index is 2.20. The molecule has 2 unspecified atom stereocenters. The highest BCUT2D eigenvalue weighted by molar-refractivity contribution is 8.00. The molecule has 0 aromatic heterocycles. The molecule has 0 amide bonds. The van der Waals surface area contributed by atoms with Crippen LogP contribution in [0.25, 0.3) is 0 Å². The molecular formula is C9H10OS. The van der Waals surface area contributed by atoms with Crippen molar-refractivity contribution in [1.82, 2.24) is 0 Å². The Hall–Kier alpha value is -0.500. The second-order valence-electron chi connectivity index (χ2n) is 2.85. The number of allylic oxidation sites excluding steroid dienone is 3. The number of Topliss-reactive ketones (excluding diaryl/α,β-unsaturated/α-hetero) is 1. The van der Waals surface area contributed by atoms with Crippen molar-refractivity contribution in [2.45, 2.75) is 11.7 Å². The number of rotatable bonds is 0. The molecule has 2 atom stereocenters. The van der Waals surface area contributed by atoms with Crippen molar-refractivity contribution in [3.63, 3.8) is 0 Å². The second kappa shape index (κ2) is 2.86. The van der Waals surface area contributed by atoms with Crippen molar-refractivity contribution in [2.24, 2.45) is 5.92 Å². The number of fused-ring (bicyclic) bond motifs is 1. The third-order valence-electron chi connectivity index (χ3n) is 2.11. The third-order valence-corrected chi connectivity index (χ3v) is 3.39. The highest BCUT2D eigenvalue weighted by atomic mass is 32.2. The van der Waals surface area contributed by atoms with E-state index in [1.165, 1.54) is 0 Å². The van der Waals surface area contributed by atoms with Crippen molar-refractivity contribution in [3.8, 4) is 0 Å². The van der Waals surface area contributed by atoms with Gasteiger partial charge in [-0.1, -0.05) is 24.3 Å². The summed E-state index contributed by atoms with van der Waals surface area (Å²) in [4.78, 5) is 11.3. The van der Waals surface area contributed by atoms with E-state index < -0.39 is 0 Å². The molecule has 1 aliphatic heterocycles. The first kappa shape index (κ1) is 7.17. The van der Waals surface area contributed by atoms with Crippen LogP contribution in [0.1, 0.15) is 6.42 Å².